The molecule has 0 bridgehead atoms. The molecule has 1 aliphatic heterocycles. The molecule has 2 aromatic carbocycles. The van der Waals surface area contributed by atoms with E-state index in [-0.39, 0.29) is 12.0 Å². The van der Waals surface area contributed by atoms with Crippen LogP contribution in [-0.2, 0) is 22.4 Å². The van der Waals surface area contributed by atoms with Crippen molar-refractivity contribution in [1.82, 2.24) is 0 Å². The maximum absolute atomic E-state index is 12.7. The number of allylic oxidation sites excluding steroid dienone is 2. The van der Waals surface area contributed by atoms with Crippen molar-refractivity contribution in [3.63, 3.8) is 0 Å². The molecule has 25 heavy (non-hydrogen) atoms. The standard InChI is InChI=1S/C22H25NO2/c1-3-19(22(24)25-4-2)23-20-15-9-7-13-17(20)11-5-6-12-18-14-8-10-16-21(18)23/h5-10,13-16,19H,3-4,11-12H2,1-2H3/b6-5-. The Hall–Kier alpha value is -2.55. The Morgan fingerprint density at radius 2 is 1.48 bits per heavy atom. The number of para-hydroxylation sites is 2. The topological polar surface area (TPSA) is 29.5 Å². The van der Waals surface area contributed by atoms with Crippen LogP contribution >= 0.6 is 0 Å². The maximum atomic E-state index is 12.7. The fourth-order valence-corrected chi connectivity index (χ4v) is 3.42. The number of hydrogen-bond acceptors (Lipinski definition) is 3. The van der Waals surface area contributed by atoms with Crippen LogP contribution < -0.4 is 4.90 Å². The molecule has 0 N–H and O–H groups in total. The van der Waals surface area contributed by atoms with Gasteiger partial charge in [-0.3, -0.25) is 0 Å². The van der Waals surface area contributed by atoms with Gasteiger partial charge in [0, 0.05) is 11.4 Å². The number of hydrogen-bond donors (Lipinski definition) is 0. The smallest absolute Gasteiger partial charge is 0.329 e. The molecule has 0 spiro atoms. The lowest BCUT2D eigenvalue weighted by molar-refractivity contribution is -0.144. The highest BCUT2D eigenvalue weighted by Gasteiger charge is 2.30. The summed E-state index contributed by atoms with van der Waals surface area (Å²) in [4.78, 5) is 14.9. The molecule has 0 saturated carbocycles. The van der Waals surface area contributed by atoms with Crippen molar-refractivity contribution in [2.45, 2.75) is 39.2 Å². The molecule has 1 aliphatic rings. The molecule has 130 valence electrons. The highest BCUT2D eigenvalue weighted by atomic mass is 16.5. The van der Waals surface area contributed by atoms with Crippen LogP contribution in [-0.4, -0.2) is 18.6 Å². The van der Waals surface area contributed by atoms with Gasteiger partial charge in [-0.2, -0.15) is 0 Å². The van der Waals surface area contributed by atoms with Crippen molar-refractivity contribution >= 4 is 17.3 Å². The zero-order valence-electron chi connectivity index (χ0n) is 14.9. The van der Waals surface area contributed by atoms with Crippen molar-refractivity contribution in [1.29, 1.82) is 0 Å². The molecule has 0 aromatic heterocycles. The minimum Gasteiger partial charge on any atom is -0.464 e. The van der Waals surface area contributed by atoms with Crippen LogP contribution in [0.2, 0.25) is 0 Å². The number of nitrogens with zero attached hydrogens (tertiary/aromatic N) is 1. The van der Waals surface area contributed by atoms with Crippen LogP contribution in [0.4, 0.5) is 11.4 Å². The van der Waals surface area contributed by atoms with Gasteiger partial charge in [-0.1, -0.05) is 55.5 Å². The summed E-state index contributed by atoms with van der Waals surface area (Å²) in [6.45, 7) is 4.29. The fourth-order valence-electron chi connectivity index (χ4n) is 3.42. The van der Waals surface area contributed by atoms with Crippen molar-refractivity contribution in [3.8, 4) is 0 Å². The normalized spacial score (nSPS) is 15.8. The minimum atomic E-state index is -0.333. The number of carbonyl (C=O) groups excluding carboxylic acids is 1. The zero-order valence-corrected chi connectivity index (χ0v) is 14.9. The summed E-state index contributed by atoms with van der Waals surface area (Å²) in [5, 5.41) is 0. The van der Waals surface area contributed by atoms with E-state index < -0.39 is 0 Å². The second-order valence-electron chi connectivity index (χ2n) is 6.18. The molecule has 0 radical (unpaired) electrons. The highest BCUT2D eigenvalue weighted by molar-refractivity contribution is 5.85. The number of benzene rings is 2. The quantitative estimate of drug-likeness (QED) is 0.592. The van der Waals surface area contributed by atoms with Gasteiger partial charge < -0.3 is 9.64 Å². The van der Waals surface area contributed by atoms with Crippen molar-refractivity contribution in [3.05, 3.63) is 71.8 Å². The van der Waals surface area contributed by atoms with E-state index >= 15 is 0 Å². The van der Waals surface area contributed by atoms with Gasteiger partial charge in [0.2, 0.25) is 0 Å². The van der Waals surface area contributed by atoms with E-state index in [0.717, 1.165) is 24.2 Å². The molecule has 1 unspecified atom stereocenters. The molecule has 3 nitrogen and oxygen atoms in total. The first-order valence-electron chi connectivity index (χ1n) is 9.03. The number of carbonyl (C=O) groups is 1. The summed E-state index contributed by atoms with van der Waals surface area (Å²) in [6, 6.07) is 16.3. The van der Waals surface area contributed by atoms with Crippen LogP contribution in [0.3, 0.4) is 0 Å². The van der Waals surface area contributed by atoms with Gasteiger partial charge >= 0.3 is 5.97 Å². The molecule has 2 aromatic rings. The molecule has 3 rings (SSSR count). The van der Waals surface area contributed by atoms with Crippen molar-refractivity contribution in [2.24, 2.45) is 0 Å². The Morgan fingerprint density at radius 3 is 1.96 bits per heavy atom. The SMILES string of the molecule is CCOC(=O)C(CC)N1c2ccccc2C/C=C\Cc2ccccc21. The summed E-state index contributed by atoms with van der Waals surface area (Å²) >= 11 is 0. The third kappa shape index (κ3) is 3.60. The summed E-state index contributed by atoms with van der Waals surface area (Å²) in [7, 11) is 0. The van der Waals surface area contributed by atoms with Crippen LogP contribution in [0.15, 0.2) is 60.7 Å². The van der Waals surface area contributed by atoms with Gasteiger partial charge in [-0.25, -0.2) is 4.79 Å². The molecule has 0 saturated heterocycles. The molecular weight excluding hydrogens is 310 g/mol. The van der Waals surface area contributed by atoms with E-state index in [1.165, 1.54) is 11.1 Å². The second kappa shape index (κ2) is 8.02. The largest absolute Gasteiger partial charge is 0.464 e. The highest BCUT2D eigenvalue weighted by Crippen LogP contribution is 2.36. The van der Waals surface area contributed by atoms with E-state index in [1.54, 1.807) is 0 Å². The Balaban J connectivity index is 2.19. The van der Waals surface area contributed by atoms with Crippen molar-refractivity contribution in [2.75, 3.05) is 11.5 Å². The van der Waals surface area contributed by atoms with Gasteiger partial charge in [0.05, 0.1) is 6.61 Å². The van der Waals surface area contributed by atoms with Crippen LogP contribution in [0.1, 0.15) is 31.4 Å². The third-order valence-corrected chi connectivity index (χ3v) is 4.60. The lowest BCUT2D eigenvalue weighted by Gasteiger charge is -2.34. The molecule has 1 atom stereocenters. The van der Waals surface area contributed by atoms with E-state index in [9.17, 15) is 4.79 Å². The van der Waals surface area contributed by atoms with Crippen LogP contribution in [0.25, 0.3) is 0 Å². The number of anilines is 2. The molecular formula is C22H25NO2. The molecule has 1 heterocycles. The number of fused-ring (bicyclic) bond motifs is 2. The van der Waals surface area contributed by atoms with Gasteiger partial charge in [0.1, 0.15) is 6.04 Å². The van der Waals surface area contributed by atoms with Gasteiger partial charge in [0.15, 0.2) is 0 Å². The minimum absolute atomic E-state index is 0.165. The first kappa shape index (κ1) is 17.3. The Labute approximate surface area is 149 Å². The average molecular weight is 335 g/mol. The summed E-state index contributed by atoms with van der Waals surface area (Å²) < 4.78 is 5.39. The van der Waals surface area contributed by atoms with Crippen LogP contribution in [0.5, 0.6) is 0 Å². The third-order valence-electron chi connectivity index (χ3n) is 4.60. The summed E-state index contributed by atoms with van der Waals surface area (Å²) in [6.07, 6.45) is 6.84. The van der Waals surface area contributed by atoms with E-state index in [0.29, 0.717) is 13.0 Å². The first-order chi connectivity index (χ1) is 12.3. The second-order valence-corrected chi connectivity index (χ2v) is 6.18. The molecule has 0 fully saturated rings. The van der Waals surface area contributed by atoms with Crippen molar-refractivity contribution < 1.29 is 9.53 Å². The maximum Gasteiger partial charge on any atom is 0.329 e. The van der Waals surface area contributed by atoms with Gasteiger partial charge in [-0.05, 0) is 49.4 Å². The number of esters is 1. The first-order valence-corrected chi connectivity index (χ1v) is 9.03. The Morgan fingerprint density at radius 1 is 0.960 bits per heavy atom. The molecule has 3 heteroatoms. The zero-order chi connectivity index (χ0) is 17.6. The van der Waals surface area contributed by atoms with Gasteiger partial charge in [0.25, 0.3) is 0 Å². The lowest BCUT2D eigenvalue weighted by atomic mass is 10.0. The summed E-state index contributed by atoms with van der Waals surface area (Å²) in [5.74, 6) is -0.165. The number of rotatable bonds is 4. The van der Waals surface area contributed by atoms with Crippen LogP contribution in [0, 0.1) is 0 Å². The Kier molecular flexibility index (Phi) is 5.54. The average Bonchev–Trinajstić information content (AvgIpc) is 2.71. The fraction of sp³-hybridized carbons (Fsp3) is 0.318. The Bertz CT molecular complexity index is 715. The number of ether oxygens (including phenoxy) is 1. The summed E-state index contributed by atoms with van der Waals surface area (Å²) in [5.41, 5.74) is 4.61. The van der Waals surface area contributed by atoms with E-state index in [4.69, 9.17) is 4.74 Å². The predicted octanol–water partition coefficient (Wildman–Crippen LogP) is 4.82. The molecule has 0 amide bonds. The molecule has 0 aliphatic carbocycles. The van der Waals surface area contributed by atoms with E-state index in [2.05, 4.69) is 53.5 Å². The predicted molar refractivity (Wildman–Crippen MR) is 102 cm³/mol. The monoisotopic (exact) mass is 335 g/mol. The van der Waals surface area contributed by atoms with E-state index in [1.807, 2.05) is 26.0 Å². The van der Waals surface area contributed by atoms with Gasteiger partial charge in [-0.15, -0.1) is 0 Å². The lowest BCUT2D eigenvalue weighted by Crippen LogP contribution is -2.39.